The van der Waals surface area contributed by atoms with E-state index in [2.05, 4.69) is 37.4 Å². The Bertz CT molecular complexity index is 1320. The van der Waals surface area contributed by atoms with Crippen LogP contribution in [-0.2, 0) is 11.2 Å². The maximum Gasteiger partial charge on any atom is 0.254 e. The number of aromatic amines is 1. The van der Waals surface area contributed by atoms with Gasteiger partial charge in [0.05, 0.1) is 35.9 Å². The monoisotopic (exact) mass is 539 g/mol. The number of hydrogen-bond acceptors (Lipinski definition) is 8. The van der Waals surface area contributed by atoms with E-state index in [0.717, 1.165) is 87.4 Å². The number of likely N-dealkylation sites (tertiary alicyclic amines) is 1. The van der Waals surface area contributed by atoms with Crippen LogP contribution >= 0.6 is 11.6 Å². The average molecular weight is 540 g/mol. The number of hydrogen-bond donors (Lipinski definition) is 3. The molecule has 11 heteroatoms. The number of nitrogens with zero attached hydrogens (tertiary/aromatic N) is 4. The molecule has 0 aliphatic carbocycles. The third-order valence-corrected chi connectivity index (χ3v) is 7.97. The second-order valence-corrected chi connectivity index (χ2v) is 10.5. The van der Waals surface area contributed by atoms with Gasteiger partial charge in [0.15, 0.2) is 0 Å². The van der Waals surface area contributed by atoms with Gasteiger partial charge >= 0.3 is 0 Å². The molecule has 3 aliphatic heterocycles. The maximum atomic E-state index is 13.6. The lowest BCUT2D eigenvalue weighted by Crippen LogP contribution is -2.50. The fraction of sp³-hybridized carbons (Fsp3) is 0.519. The first-order chi connectivity index (χ1) is 18.6. The molecule has 2 saturated heterocycles. The molecular formula is C27H34ClN7O3. The van der Waals surface area contributed by atoms with Gasteiger partial charge in [0.1, 0.15) is 17.2 Å². The van der Waals surface area contributed by atoms with Gasteiger partial charge in [-0.3, -0.25) is 9.69 Å². The number of benzene rings is 1. The molecule has 38 heavy (non-hydrogen) atoms. The number of rotatable bonds is 7. The molecule has 10 nitrogen and oxygen atoms in total. The van der Waals surface area contributed by atoms with E-state index in [-0.39, 0.29) is 5.91 Å². The zero-order valence-electron chi connectivity index (χ0n) is 21.7. The smallest absolute Gasteiger partial charge is 0.254 e. The summed E-state index contributed by atoms with van der Waals surface area (Å²) in [5, 5.41) is 8.00. The molecule has 3 N–H and O–H groups in total. The van der Waals surface area contributed by atoms with Crippen molar-refractivity contribution in [1.29, 1.82) is 0 Å². The molecule has 0 unspecified atom stereocenters. The Balaban J connectivity index is 1.20. The number of piperidine rings is 1. The Labute approximate surface area is 227 Å². The third-order valence-electron chi connectivity index (χ3n) is 7.68. The fourth-order valence-corrected chi connectivity index (χ4v) is 5.92. The number of ether oxygens (including phenoxy) is 2. The minimum Gasteiger partial charge on any atom is -0.491 e. The van der Waals surface area contributed by atoms with Crippen molar-refractivity contribution in [1.82, 2.24) is 24.8 Å². The van der Waals surface area contributed by atoms with Crippen LogP contribution in [0.4, 0.5) is 17.5 Å². The van der Waals surface area contributed by atoms with Gasteiger partial charge in [0.25, 0.3) is 5.91 Å². The number of nitrogens with one attached hydrogen (secondary N) is 3. The lowest BCUT2D eigenvalue weighted by atomic mass is 9.99. The summed E-state index contributed by atoms with van der Waals surface area (Å²) in [5.74, 6) is 1.89. The number of carbonyl (C=O) groups excluding carboxylic acids is 1. The molecule has 0 radical (unpaired) electrons. The minimum absolute atomic E-state index is 0.0866. The molecule has 0 saturated carbocycles. The minimum atomic E-state index is 0.0866. The lowest BCUT2D eigenvalue weighted by molar-refractivity contribution is 0.00158. The number of morpholine rings is 1. The molecule has 1 aromatic carbocycles. The summed E-state index contributed by atoms with van der Waals surface area (Å²) in [6, 6.07) is 4.34. The standard InChI is InChI=1S/C27H34ClN7O3/c1-2-8-29-24-22-20(28)16-30-25(22)33-27(32-24)31-21-4-3-19(18-7-13-38-23(18)21)26(36)35-9-5-17(6-10-35)34-11-14-37-15-12-34/h3-4,16-17H,2,5-15H2,1H3,(H3,29,30,31,32,33). The lowest BCUT2D eigenvalue weighted by Gasteiger charge is -2.40. The highest BCUT2D eigenvalue weighted by atomic mass is 35.5. The average Bonchev–Trinajstić information content (AvgIpc) is 3.60. The van der Waals surface area contributed by atoms with Crippen LogP contribution in [0.3, 0.4) is 0 Å². The molecule has 6 rings (SSSR count). The topological polar surface area (TPSA) is 108 Å². The molecule has 0 bridgehead atoms. The summed E-state index contributed by atoms with van der Waals surface area (Å²) in [7, 11) is 0. The van der Waals surface area contributed by atoms with Crippen molar-refractivity contribution in [2.75, 3.05) is 63.2 Å². The van der Waals surface area contributed by atoms with E-state index in [1.165, 1.54) is 0 Å². The number of fused-ring (bicyclic) bond motifs is 2. The van der Waals surface area contributed by atoms with Gasteiger partial charge in [0, 0.05) is 62.5 Å². The number of H-pyrrole nitrogens is 1. The van der Waals surface area contributed by atoms with E-state index < -0.39 is 0 Å². The summed E-state index contributed by atoms with van der Waals surface area (Å²) < 4.78 is 11.5. The van der Waals surface area contributed by atoms with Gasteiger partial charge in [0.2, 0.25) is 5.95 Å². The normalized spacial score (nSPS) is 18.4. The number of amides is 1. The van der Waals surface area contributed by atoms with E-state index in [0.29, 0.717) is 47.3 Å². The number of anilines is 3. The molecular weight excluding hydrogens is 506 g/mol. The molecule has 0 spiro atoms. The van der Waals surface area contributed by atoms with Crippen molar-refractivity contribution in [3.63, 3.8) is 0 Å². The Morgan fingerprint density at radius 3 is 2.76 bits per heavy atom. The summed E-state index contributed by atoms with van der Waals surface area (Å²) in [4.78, 5) is 30.5. The van der Waals surface area contributed by atoms with Crippen LogP contribution in [0.1, 0.15) is 42.1 Å². The zero-order valence-corrected chi connectivity index (χ0v) is 22.4. The maximum absolute atomic E-state index is 13.6. The van der Waals surface area contributed by atoms with Crippen LogP contribution in [0.5, 0.6) is 5.75 Å². The quantitative estimate of drug-likeness (QED) is 0.413. The van der Waals surface area contributed by atoms with Crippen molar-refractivity contribution in [2.45, 2.75) is 38.6 Å². The van der Waals surface area contributed by atoms with Gasteiger partial charge < -0.3 is 30.0 Å². The highest BCUT2D eigenvalue weighted by Gasteiger charge is 2.31. The number of aromatic nitrogens is 3. The van der Waals surface area contributed by atoms with E-state index in [9.17, 15) is 4.79 Å². The van der Waals surface area contributed by atoms with E-state index >= 15 is 0 Å². The molecule has 0 atom stereocenters. The molecule has 1 amide bonds. The molecule has 2 aromatic heterocycles. The highest BCUT2D eigenvalue weighted by Crippen LogP contribution is 2.39. The van der Waals surface area contributed by atoms with Crippen LogP contribution in [0.2, 0.25) is 5.02 Å². The number of carbonyl (C=O) groups is 1. The van der Waals surface area contributed by atoms with E-state index in [4.69, 9.17) is 21.1 Å². The van der Waals surface area contributed by atoms with Crippen LogP contribution in [0, 0.1) is 0 Å². The van der Waals surface area contributed by atoms with Crippen LogP contribution in [-0.4, -0.2) is 89.2 Å². The van der Waals surface area contributed by atoms with Gasteiger partial charge in [-0.1, -0.05) is 18.5 Å². The molecule has 3 aromatic rings. The first kappa shape index (κ1) is 25.2. The van der Waals surface area contributed by atoms with Gasteiger partial charge in [-0.25, -0.2) is 0 Å². The Morgan fingerprint density at radius 2 is 1.97 bits per heavy atom. The summed E-state index contributed by atoms with van der Waals surface area (Å²) >= 11 is 6.37. The largest absolute Gasteiger partial charge is 0.491 e. The van der Waals surface area contributed by atoms with Gasteiger partial charge in [-0.2, -0.15) is 9.97 Å². The van der Waals surface area contributed by atoms with Crippen molar-refractivity contribution in [2.24, 2.45) is 0 Å². The first-order valence-corrected chi connectivity index (χ1v) is 14.0. The van der Waals surface area contributed by atoms with E-state index in [1.807, 2.05) is 17.0 Å². The van der Waals surface area contributed by atoms with Crippen molar-refractivity contribution in [3.8, 4) is 5.75 Å². The fourth-order valence-electron chi connectivity index (χ4n) is 5.68. The van der Waals surface area contributed by atoms with Crippen molar-refractivity contribution < 1.29 is 14.3 Å². The SMILES string of the molecule is CCCNc1nc(Nc2ccc(C(=O)N3CCC(N4CCOCC4)CC3)c3c2OCC3)nc2[nH]cc(Cl)c12. The molecule has 5 heterocycles. The molecule has 3 aliphatic rings. The second kappa shape index (κ2) is 11.0. The summed E-state index contributed by atoms with van der Waals surface area (Å²) in [5.41, 5.74) is 3.07. The zero-order chi connectivity index (χ0) is 26.1. The third kappa shape index (κ3) is 4.88. The van der Waals surface area contributed by atoms with Crippen LogP contribution in [0.25, 0.3) is 11.0 Å². The summed E-state index contributed by atoms with van der Waals surface area (Å²) in [6.45, 7) is 8.55. The Morgan fingerprint density at radius 1 is 1.16 bits per heavy atom. The molecule has 2 fully saturated rings. The Kier molecular flexibility index (Phi) is 7.27. The van der Waals surface area contributed by atoms with Crippen molar-refractivity contribution in [3.05, 3.63) is 34.5 Å². The van der Waals surface area contributed by atoms with Gasteiger partial charge in [-0.05, 0) is 31.4 Å². The van der Waals surface area contributed by atoms with Crippen LogP contribution < -0.4 is 15.4 Å². The van der Waals surface area contributed by atoms with Crippen LogP contribution in [0.15, 0.2) is 18.3 Å². The number of halogens is 1. The predicted octanol–water partition coefficient (Wildman–Crippen LogP) is 4.05. The molecule has 202 valence electrons. The Hall–Kier alpha value is -3.08. The first-order valence-electron chi connectivity index (χ1n) is 13.6. The second-order valence-electron chi connectivity index (χ2n) is 10.0. The predicted molar refractivity (Wildman–Crippen MR) is 148 cm³/mol. The van der Waals surface area contributed by atoms with Crippen molar-refractivity contribution >= 4 is 46.0 Å². The van der Waals surface area contributed by atoms with E-state index in [1.54, 1.807) is 6.20 Å². The summed E-state index contributed by atoms with van der Waals surface area (Å²) in [6.07, 6.45) is 5.37. The van der Waals surface area contributed by atoms with Gasteiger partial charge in [-0.15, -0.1) is 0 Å². The highest BCUT2D eigenvalue weighted by molar-refractivity contribution is 6.36.